The first kappa shape index (κ1) is 12.7. The molecule has 0 radical (unpaired) electrons. The summed E-state index contributed by atoms with van der Waals surface area (Å²) in [6.45, 7) is 6.33. The van der Waals surface area contributed by atoms with Gasteiger partial charge in [-0.1, -0.05) is 6.92 Å². The quantitative estimate of drug-likeness (QED) is 0.725. The molecule has 3 rings (SSSR count). The molecule has 2 N–H and O–H groups in total. The van der Waals surface area contributed by atoms with E-state index in [1.54, 1.807) is 12.4 Å². The number of hydrogen-bond donors (Lipinski definition) is 1. The van der Waals surface area contributed by atoms with Crippen molar-refractivity contribution >= 4 is 16.5 Å². The zero-order chi connectivity index (χ0) is 14.3. The van der Waals surface area contributed by atoms with Crippen LogP contribution in [0.15, 0.2) is 30.6 Å². The van der Waals surface area contributed by atoms with Gasteiger partial charge in [0.15, 0.2) is 0 Å². The SMILES string of the molecule is CCc1c(C)nn(-c2ccc(N)c3cnccc23)c1C. The van der Waals surface area contributed by atoms with Crippen molar-refractivity contribution in [3.63, 3.8) is 0 Å². The molecule has 0 aliphatic carbocycles. The Morgan fingerprint density at radius 1 is 1.15 bits per heavy atom. The molecule has 0 saturated heterocycles. The summed E-state index contributed by atoms with van der Waals surface area (Å²) in [5.41, 5.74) is 11.4. The zero-order valence-electron chi connectivity index (χ0n) is 12.0. The van der Waals surface area contributed by atoms with Crippen molar-refractivity contribution in [1.29, 1.82) is 0 Å². The number of benzene rings is 1. The maximum Gasteiger partial charge on any atom is 0.0729 e. The van der Waals surface area contributed by atoms with Crippen molar-refractivity contribution < 1.29 is 0 Å². The van der Waals surface area contributed by atoms with Gasteiger partial charge in [0, 0.05) is 34.5 Å². The number of nitrogens with two attached hydrogens (primary N) is 1. The lowest BCUT2D eigenvalue weighted by Crippen LogP contribution is -2.02. The van der Waals surface area contributed by atoms with Crippen LogP contribution in [-0.4, -0.2) is 14.8 Å². The largest absolute Gasteiger partial charge is 0.398 e. The fourth-order valence-corrected chi connectivity index (χ4v) is 2.80. The van der Waals surface area contributed by atoms with Crippen LogP contribution in [0, 0.1) is 13.8 Å². The third-order valence-electron chi connectivity index (χ3n) is 3.85. The molecular formula is C16H18N4. The number of anilines is 1. The number of hydrogen-bond acceptors (Lipinski definition) is 3. The average molecular weight is 266 g/mol. The summed E-state index contributed by atoms with van der Waals surface area (Å²) in [5, 5.41) is 6.73. The molecule has 1 aromatic carbocycles. The fraction of sp³-hybridized carbons (Fsp3) is 0.250. The van der Waals surface area contributed by atoms with E-state index in [1.807, 2.05) is 22.9 Å². The van der Waals surface area contributed by atoms with Gasteiger partial charge in [-0.05, 0) is 44.0 Å². The molecule has 0 saturated carbocycles. The van der Waals surface area contributed by atoms with E-state index >= 15 is 0 Å². The summed E-state index contributed by atoms with van der Waals surface area (Å²) in [7, 11) is 0. The second kappa shape index (κ2) is 4.63. The van der Waals surface area contributed by atoms with Crippen LogP contribution in [-0.2, 0) is 6.42 Å². The van der Waals surface area contributed by atoms with Crippen molar-refractivity contribution in [2.75, 3.05) is 5.73 Å². The first-order chi connectivity index (χ1) is 9.63. The monoisotopic (exact) mass is 266 g/mol. The molecule has 0 fully saturated rings. The Bertz CT molecular complexity index is 787. The first-order valence-corrected chi connectivity index (χ1v) is 6.81. The molecule has 2 heterocycles. The fourth-order valence-electron chi connectivity index (χ4n) is 2.80. The molecular weight excluding hydrogens is 248 g/mol. The summed E-state index contributed by atoms with van der Waals surface area (Å²) < 4.78 is 2.01. The lowest BCUT2D eigenvalue weighted by Gasteiger charge is -2.10. The average Bonchev–Trinajstić information content (AvgIpc) is 2.74. The normalized spacial score (nSPS) is 11.2. The summed E-state index contributed by atoms with van der Waals surface area (Å²) in [4.78, 5) is 4.16. The summed E-state index contributed by atoms with van der Waals surface area (Å²) in [6.07, 6.45) is 4.59. The van der Waals surface area contributed by atoms with Crippen molar-refractivity contribution in [3.8, 4) is 5.69 Å². The predicted molar refractivity (Wildman–Crippen MR) is 82.1 cm³/mol. The Labute approximate surface area is 118 Å². The Hall–Kier alpha value is -2.36. The zero-order valence-corrected chi connectivity index (χ0v) is 12.0. The Morgan fingerprint density at radius 2 is 1.95 bits per heavy atom. The Kier molecular flexibility index (Phi) is 2.93. The topological polar surface area (TPSA) is 56.7 Å². The molecule has 0 aliphatic heterocycles. The van der Waals surface area contributed by atoms with Crippen molar-refractivity contribution in [2.45, 2.75) is 27.2 Å². The van der Waals surface area contributed by atoms with Crippen molar-refractivity contribution in [2.24, 2.45) is 0 Å². The van der Waals surface area contributed by atoms with Gasteiger partial charge in [-0.25, -0.2) is 4.68 Å². The van der Waals surface area contributed by atoms with E-state index in [1.165, 1.54) is 11.3 Å². The molecule has 4 heteroatoms. The number of nitrogens with zero attached hydrogens (tertiary/aromatic N) is 3. The van der Waals surface area contributed by atoms with Gasteiger partial charge in [-0.2, -0.15) is 5.10 Å². The van der Waals surface area contributed by atoms with E-state index in [-0.39, 0.29) is 0 Å². The molecule has 0 aliphatic rings. The Morgan fingerprint density at radius 3 is 2.65 bits per heavy atom. The second-order valence-electron chi connectivity index (χ2n) is 5.01. The van der Waals surface area contributed by atoms with E-state index in [2.05, 4.69) is 30.9 Å². The highest BCUT2D eigenvalue weighted by molar-refractivity contribution is 5.97. The van der Waals surface area contributed by atoms with Crippen molar-refractivity contribution in [1.82, 2.24) is 14.8 Å². The van der Waals surface area contributed by atoms with Gasteiger partial charge in [0.25, 0.3) is 0 Å². The molecule has 0 bridgehead atoms. The molecule has 2 aromatic heterocycles. The molecule has 0 unspecified atom stereocenters. The van der Waals surface area contributed by atoms with Crippen LogP contribution in [0.4, 0.5) is 5.69 Å². The van der Waals surface area contributed by atoms with Crippen LogP contribution in [0.1, 0.15) is 23.9 Å². The Balaban J connectivity index is 2.33. The van der Waals surface area contributed by atoms with Crippen LogP contribution >= 0.6 is 0 Å². The van der Waals surface area contributed by atoms with E-state index < -0.39 is 0 Å². The van der Waals surface area contributed by atoms with Gasteiger partial charge in [0.05, 0.1) is 11.4 Å². The highest BCUT2D eigenvalue weighted by Gasteiger charge is 2.13. The van der Waals surface area contributed by atoms with E-state index in [4.69, 9.17) is 5.73 Å². The number of aryl methyl sites for hydroxylation is 1. The van der Waals surface area contributed by atoms with E-state index in [0.717, 1.165) is 34.3 Å². The minimum absolute atomic E-state index is 0.745. The van der Waals surface area contributed by atoms with Gasteiger partial charge >= 0.3 is 0 Å². The van der Waals surface area contributed by atoms with Gasteiger partial charge in [-0.15, -0.1) is 0 Å². The molecule has 20 heavy (non-hydrogen) atoms. The predicted octanol–water partition coefficient (Wildman–Crippen LogP) is 3.18. The molecule has 0 spiro atoms. The summed E-state index contributed by atoms with van der Waals surface area (Å²) in [5.74, 6) is 0. The van der Waals surface area contributed by atoms with Gasteiger partial charge in [0.1, 0.15) is 0 Å². The smallest absolute Gasteiger partial charge is 0.0729 e. The summed E-state index contributed by atoms with van der Waals surface area (Å²) in [6, 6.07) is 5.93. The second-order valence-corrected chi connectivity index (χ2v) is 5.01. The third kappa shape index (κ3) is 1.76. The van der Waals surface area contributed by atoms with Crippen LogP contribution in [0.5, 0.6) is 0 Å². The molecule has 4 nitrogen and oxygen atoms in total. The third-order valence-corrected chi connectivity index (χ3v) is 3.85. The first-order valence-electron chi connectivity index (χ1n) is 6.81. The van der Waals surface area contributed by atoms with Crippen LogP contribution < -0.4 is 5.73 Å². The number of nitrogen functional groups attached to an aromatic ring is 1. The number of pyridine rings is 1. The van der Waals surface area contributed by atoms with Gasteiger partial charge in [-0.3, -0.25) is 4.98 Å². The highest BCUT2D eigenvalue weighted by Crippen LogP contribution is 2.28. The summed E-state index contributed by atoms with van der Waals surface area (Å²) >= 11 is 0. The maximum atomic E-state index is 6.03. The molecule has 0 amide bonds. The van der Waals surface area contributed by atoms with Crippen molar-refractivity contribution in [3.05, 3.63) is 47.5 Å². The lowest BCUT2D eigenvalue weighted by molar-refractivity contribution is 0.838. The highest BCUT2D eigenvalue weighted by atomic mass is 15.3. The van der Waals surface area contributed by atoms with E-state index in [0.29, 0.717) is 0 Å². The standard InChI is InChI=1S/C16H18N4/c1-4-12-10(2)19-20(11(12)3)16-6-5-15(17)14-9-18-8-7-13(14)16/h5-9H,4,17H2,1-3H3. The molecule has 102 valence electrons. The minimum atomic E-state index is 0.745. The number of rotatable bonds is 2. The number of fused-ring (bicyclic) bond motifs is 1. The molecule has 0 atom stereocenters. The number of aromatic nitrogens is 3. The van der Waals surface area contributed by atoms with Gasteiger partial charge in [0.2, 0.25) is 0 Å². The molecule has 3 aromatic rings. The maximum absolute atomic E-state index is 6.03. The minimum Gasteiger partial charge on any atom is -0.398 e. The van der Waals surface area contributed by atoms with Gasteiger partial charge < -0.3 is 5.73 Å². The van der Waals surface area contributed by atoms with Crippen LogP contribution in [0.3, 0.4) is 0 Å². The van der Waals surface area contributed by atoms with E-state index in [9.17, 15) is 0 Å². The van der Waals surface area contributed by atoms with Crippen LogP contribution in [0.25, 0.3) is 16.5 Å². The van der Waals surface area contributed by atoms with Crippen LogP contribution in [0.2, 0.25) is 0 Å². The lowest BCUT2D eigenvalue weighted by atomic mass is 10.1.